The lowest BCUT2D eigenvalue weighted by molar-refractivity contribution is 0.828. The Balaban J connectivity index is 2.71. The molecule has 0 aromatic carbocycles. The van der Waals surface area contributed by atoms with E-state index in [4.69, 9.17) is 0 Å². The van der Waals surface area contributed by atoms with E-state index in [1.807, 2.05) is 6.92 Å². The van der Waals surface area contributed by atoms with Crippen molar-refractivity contribution in [1.82, 2.24) is 0 Å². The highest BCUT2D eigenvalue weighted by molar-refractivity contribution is 6.61. The standard InChI is InChI=1S/C8H14BF/c1-3-7-5-6-9(10)8(7)4-2/h3-6H2,1-2H3. The van der Waals surface area contributed by atoms with Gasteiger partial charge in [0.25, 0.3) is 0 Å². The Morgan fingerprint density at radius 2 is 2.10 bits per heavy atom. The van der Waals surface area contributed by atoms with Crippen LogP contribution in [0.4, 0.5) is 4.32 Å². The summed E-state index contributed by atoms with van der Waals surface area (Å²) in [5, 5.41) is 0. The molecule has 0 spiro atoms. The lowest BCUT2D eigenvalue weighted by atomic mass is 9.63. The summed E-state index contributed by atoms with van der Waals surface area (Å²) < 4.78 is 13.0. The second kappa shape index (κ2) is 3.22. The minimum atomic E-state index is -0.611. The monoisotopic (exact) mass is 140 g/mol. The van der Waals surface area contributed by atoms with Crippen LogP contribution in [-0.2, 0) is 0 Å². The molecule has 1 aliphatic heterocycles. The quantitative estimate of drug-likeness (QED) is 0.517. The molecule has 10 heavy (non-hydrogen) atoms. The number of hydrogen-bond donors (Lipinski definition) is 0. The van der Waals surface area contributed by atoms with Crippen LogP contribution in [0.2, 0.25) is 6.32 Å². The molecule has 0 saturated heterocycles. The smallest absolute Gasteiger partial charge is 0.330 e. The molecule has 0 N–H and O–H groups in total. The van der Waals surface area contributed by atoms with E-state index in [1.54, 1.807) is 0 Å². The van der Waals surface area contributed by atoms with Crippen LogP contribution in [0.5, 0.6) is 0 Å². The zero-order valence-electron chi connectivity index (χ0n) is 6.78. The predicted octanol–water partition coefficient (Wildman–Crippen LogP) is 3.01. The SMILES string of the molecule is CCC1=C(CC)B(F)CC1. The summed E-state index contributed by atoms with van der Waals surface area (Å²) in [5.41, 5.74) is 2.46. The van der Waals surface area contributed by atoms with Crippen LogP contribution >= 0.6 is 0 Å². The van der Waals surface area contributed by atoms with Gasteiger partial charge in [-0.05, 0) is 25.6 Å². The van der Waals surface area contributed by atoms with Crippen LogP contribution in [0.25, 0.3) is 0 Å². The molecular formula is C8H14BF. The molecule has 0 fully saturated rings. The van der Waals surface area contributed by atoms with E-state index >= 15 is 0 Å². The first-order chi connectivity index (χ1) is 4.79. The van der Waals surface area contributed by atoms with E-state index in [1.165, 1.54) is 5.57 Å². The number of halogens is 1. The Hall–Kier alpha value is -0.265. The third-order valence-corrected chi connectivity index (χ3v) is 2.34. The van der Waals surface area contributed by atoms with Crippen LogP contribution in [0.15, 0.2) is 11.0 Å². The summed E-state index contributed by atoms with van der Waals surface area (Å²) in [6.45, 7) is 3.55. The van der Waals surface area contributed by atoms with E-state index in [0.29, 0.717) is 0 Å². The predicted molar refractivity (Wildman–Crippen MR) is 43.9 cm³/mol. The van der Waals surface area contributed by atoms with Gasteiger partial charge in [-0.2, -0.15) is 0 Å². The summed E-state index contributed by atoms with van der Waals surface area (Å²) in [6, 6.07) is 0. The van der Waals surface area contributed by atoms with Gasteiger partial charge in [0, 0.05) is 0 Å². The van der Waals surface area contributed by atoms with Crippen molar-refractivity contribution in [3.05, 3.63) is 11.0 Å². The van der Waals surface area contributed by atoms with Crippen molar-refractivity contribution in [1.29, 1.82) is 0 Å². The van der Waals surface area contributed by atoms with Crippen molar-refractivity contribution in [3.8, 4) is 0 Å². The highest BCUT2D eigenvalue weighted by atomic mass is 19.1. The van der Waals surface area contributed by atoms with E-state index in [0.717, 1.165) is 31.1 Å². The first-order valence-electron chi connectivity index (χ1n) is 4.14. The first kappa shape index (κ1) is 7.84. The molecule has 0 atom stereocenters. The maximum Gasteiger partial charge on any atom is 0.377 e. The lowest BCUT2D eigenvalue weighted by Crippen LogP contribution is -2.03. The van der Waals surface area contributed by atoms with Crippen molar-refractivity contribution < 1.29 is 4.32 Å². The van der Waals surface area contributed by atoms with Gasteiger partial charge in [-0.25, -0.2) is 0 Å². The molecule has 1 aliphatic rings. The molecule has 0 aromatic rings. The van der Waals surface area contributed by atoms with Gasteiger partial charge in [0.15, 0.2) is 0 Å². The second-order valence-electron chi connectivity index (χ2n) is 2.84. The fraction of sp³-hybridized carbons (Fsp3) is 0.750. The molecule has 2 heteroatoms. The molecule has 0 bridgehead atoms. The molecule has 0 radical (unpaired) electrons. The van der Waals surface area contributed by atoms with Gasteiger partial charge in [-0.1, -0.05) is 24.9 Å². The van der Waals surface area contributed by atoms with E-state index in [2.05, 4.69) is 6.92 Å². The van der Waals surface area contributed by atoms with Gasteiger partial charge in [0.2, 0.25) is 0 Å². The molecule has 1 rings (SSSR count). The maximum absolute atomic E-state index is 13.0. The normalized spacial score (nSPS) is 18.9. The molecular weight excluding hydrogens is 126 g/mol. The number of rotatable bonds is 2. The molecule has 0 amide bonds. The number of allylic oxidation sites excluding steroid dienone is 2. The summed E-state index contributed by atoms with van der Waals surface area (Å²) >= 11 is 0. The third-order valence-electron chi connectivity index (χ3n) is 2.34. The largest absolute Gasteiger partial charge is 0.377 e. The fourth-order valence-electron chi connectivity index (χ4n) is 1.73. The topological polar surface area (TPSA) is 0 Å². The summed E-state index contributed by atoms with van der Waals surface area (Å²) in [6.07, 6.45) is 3.70. The van der Waals surface area contributed by atoms with Gasteiger partial charge in [-0.15, -0.1) is 0 Å². The zero-order chi connectivity index (χ0) is 7.56. The Labute approximate surface area is 62.6 Å². The van der Waals surface area contributed by atoms with E-state index < -0.39 is 6.99 Å². The summed E-state index contributed by atoms with van der Waals surface area (Å²) in [4.78, 5) is 0. The lowest BCUT2D eigenvalue weighted by Gasteiger charge is -2.00. The fourth-order valence-corrected chi connectivity index (χ4v) is 1.73. The average Bonchev–Trinajstić information content (AvgIpc) is 2.30. The molecule has 0 unspecified atom stereocenters. The van der Waals surface area contributed by atoms with Crippen molar-refractivity contribution >= 4 is 6.99 Å². The van der Waals surface area contributed by atoms with Crippen molar-refractivity contribution in [3.63, 3.8) is 0 Å². The van der Waals surface area contributed by atoms with Crippen molar-refractivity contribution in [2.75, 3.05) is 0 Å². The summed E-state index contributed by atoms with van der Waals surface area (Å²) in [7, 11) is 0. The van der Waals surface area contributed by atoms with Gasteiger partial charge in [-0.3, -0.25) is 0 Å². The average molecular weight is 140 g/mol. The Morgan fingerprint density at radius 1 is 1.40 bits per heavy atom. The minimum absolute atomic E-state index is 0.611. The zero-order valence-corrected chi connectivity index (χ0v) is 6.78. The maximum atomic E-state index is 13.0. The Bertz CT molecular complexity index is 151. The number of hydrogen-bond acceptors (Lipinski definition) is 0. The Kier molecular flexibility index (Phi) is 2.53. The molecule has 0 aromatic heterocycles. The summed E-state index contributed by atoms with van der Waals surface area (Å²) in [5.74, 6) is 0. The van der Waals surface area contributed by atoms with Crippen LogP contribution in [0.3, 0.4) is 0 Å². The van der Waals surface area contributed by atoms with Crippen molar-refractivity contribution in [2.24, 2.45) is 0 Å². The van der Waals surface area contributed by atoms with Crippen molar-refractivity contribution in [2.45, 2.75) is 39.4 Å². The van der Waals surface area contributed by atoms with Gasteiger partial charge in [0.05, 0.1) is 0 Å². The van der Waals surface area contributed by atoms with Crippen LogP contribution < -0.4 is 0 Å². The highest BCUT2D eigenvalue weighted by Crippen LogP contribution is 2.30. The molecule has 56 valence electrons. The molecule has 1 heterocycles. The molecule has 0 saturated carbocycles. The van der Waals surface area contributed by atoms with E-state index in [-0.39, 0.29) is 0 Å². The molecule has 0 aliphatic carbocycles. The van der Waals surface area contributed by atoms with Crippen LogP contribution in [-0.4, -0.2) is 6.99 Å². The van der Waals surface area contributed by atoms with Crippen LogP contribution in [0.1, 0.15) is 33.1 Å². The first-order valence-corrected chi connectivity index (χ1v) is 4.14. The highest BCUT2D eigenvalue weighted by Gasteiger charge is 2.26. The Morgan fingerprint density at radius 3 is 2.50 bits per heavy atom. The second-order valence-corrected chi connectivity index (χ2v) is 2.84. The van der Waals surface area contributed by atoms with E-state index in [9.17, 15) is 4.32 Å². The van der Waals surface area contributed by atoms with Gasteiger partial charge in [0.1, 0.15) is 0 Å². The minimum Gasteiger partial charge on any atom is -0.330 e. The third kappa shape index (κ3) is 1.25. The van der Waals surface area contributed by atoms with Gasteiger partial charge < -0.3 is 4.32 Å². The van der Waals surface area contributed by atoms with Gasteiger partial charge >= 0.3 is 6.99 Å². The van der Waals surface area contributed by atoms with Crippen LogP contribution in [0, 0.1) is 0 Å². The molecule has 0 nitrogen and oxygen atoms in total.